The number of ether oxygens (including phenoxy) is 1. The second kappa shape index (κ2) is 5.87. The van der Waals surface area contributed by atoms with Crippen molar-refractivity contribution in [1.29, 1.82) is 5.26 Å². The maximum absolute atomic E-state index is 12.8. The lowest BCUT2D eigenvalue weighted by Crippen LogP contribution is -2.00. The van der Waals surface area contributed by atoms with Gasteiger partial charge in [-0.2, -0.15) is 5.26 Å². The molecular formula is C15H13FN2O. The van der Waals surface area contributed by atoms with Crippen molar-refractivity contribution in [1.82, 2.24) is 0 Å². The van der Waals surface area contributed by atoms with Crippen LogP contribution in [0.5, 0.6) is 5.75 Å². The Bertz CT molecular complexity index is 603. The molecule has 0 aliphatic rings. The van der Waals surface area contributed by atoms with Crippen molar-refractivity contribution >= 4 is 5.69 Å². The first-order valence-electron chi connectivity index (χ1n) is 5.79. The standard InChI is InChI=1S/C15H13FN2O/c1-19-15-7-2-11(8-12(15)9-17)10-18-14-5-3-13(16)4-6-14/h2-8,18H,10H2,1H3. The second-order valence-electron chi connectivity index (χ2n) is 4.01. The second-order valence-corrected chi connectivity index (χ2v) is 4.01. The van der Waals surface area contributed by atoms with Crippen LogP contribution in [0, 0.1) is 17.1 Å². The van der Waals surface area contributed by atoms with E-state index in [9.17, 15) is 4.39 Å². The maximum Gasteiger partial charge on any atom is 0.136 e. The van der Waals surface area contributed by atoms with Gasteiger partial charge in [-0.1, -0.05) is 6.07 Å². The van der Waals surface area contributed by atoms with E-state index < -0.39 is 0 Å². The number of halogens is 1. The van der Waals surface area contributed by atoms with Gasteiger partial charge >= 0.3 is 0 Å². The topological polar surface area (TPSA) is 45.0 Å². The van der Waals surface area contributed by atoms with Crippen molar-refractivity contribution in [2.75, 3.05) is 12.4 Å². The minimum Gasteiger partial charge on any atom is -0.495 e. The zero-order valence-corrected chi connectivity index (χ0v) is 10.5. The number of nitrogens with one attached hydrogen (secondary N) is 1. The molecule has 0 bridgehead atoms. The van der Waals surface area contributed by atoms with Gasteiger partial charge in [0.25, 0.3) is 0 Å². The molecule has 0 heterocycles. The fraction of sp³-hybridized carbons (Fsp3) is 0.133. The highest BCUT2D eigenvalue weighted by atomic mass is 19.1. The number of nitrogens with zero attached hydrogens (tertiary/aromatic N) is 1. The third-order valence-electron chi connectivity index (χ3n) is 2.73. The average molecular weight is 256 g/mol. The highest BCUT2D eigenvalue weighted by molar-refractivity contribution is 5.47. The lowest BCUT2D eigenvalue weighted by molar-refractivity contribution is 0.413. The molecule has 2 rings (SSSR count). The van der Waals surface area contributed by atoms with E-state index in [1.54, 1.807) is 24.3 Å². The van der Waals surface area contributed by atoms with Crippen molar-refractivity contribution in [3.8, 4) is 11.8 Å². The van der Waals surface area contributed by atoms with Gasteiger partial charge in [0.15, 0.2) is 0 Å². The van der Waals surface area contributed by atoms with Crippen molar-refractivity contribution in [3.05, 3.63) is 59.4 Å². The van der Waals surface area contributed by atoms with Crippen LogP contribution in [0.15, 0.2) is 42.5 Å². The lowest BCUT2D eigenvalue weighted by atomic mass is 10.1. The molecule has 0 radical (unpaired) electrons. The third-order valence-corrected chi connectivity index (χ3v) is 2.73. The van der Waals surface area contributed by atoms with Crippen LogP contribution >= 0.6 is 0 Å². The van der Waals surface area contributed by atoms with Gasteiger partial charge in [0, 0.05) is 12.2 Å². The quantitative estimate of drug-likeness (QED) is 0.912. The van der Waals surface area contributed by atoms with E-state index in [4.69, 9.17) is 10.00 Å². The fourth-order valence-electron chi connectivity index (χ4n) is 1.72. The van der Waals surface area contributed by atoms with Crippen molar-refractivity contribution in [2.45, 2.75) is 6.54 Å². The molecule has 3 nitrogen and oxygen atoms in total. The number of hydrogen-bond donors (Lipinski definition) is 1. The Morgan fingerprint density at radius 2 is 1.95 bits per heavy atom. The molecule has 0 amide bonds. The van der Waals surface area contributed by atoms with E-state index in [1.165, 1.54) is 19.2 Å². The third kappa shape index (κ3) is 3.23. The number of benzene rings is 2. The van der Waals surface area contributed by atoms with Gasteiger partial charge in [-0.25, -0.2) is 4.39 Å². The molecule has 0 aromatic heterocycles. The highest BCUT2D eigenvalue weighted by Crippen LogP contribution is 2.19. The molecule has 0 saturated carbocycles. The van der Waals surface area contributed by atoms with Crippen LogP contribution in [0.25, 0.3) is 0 Å². The number of methoxy groups -OCH3 is 1. The van der Waals surface area contributed by atoms with Gasteiger partial charge in [-0.3, -0.25) is 0 Å². The fourth-order valence-corrected chi connectivity index (χ4v) is 1.72. The summed E-state index contributed by atoms with van der Waals surface area (Å²) >= 11 is 0. The van der Waals surface area contributed by atoms with Crippen LogP contribution < -0.4 is 10.1 Å². The first kappa shape index (κ1) is 12.9. The summed E-state index contributed by atoms with van der Waals surface area (Å²) in [6.45, 7) is 0.560. The molecule has 0 fully saturated rings. The molecule has 96 valence electrons. The minimum absolute atomic E-state index is 0.262. The first-order chi connectivity index (χ1) is 9.22. The lowest BCUT2D eigenvalue weighted by Gasteiger charge is -2.08. The van der Waals surface area contributed by atoms with E-state index in [2.05, 4.69) is 11.4 Å². The Morgan fingerprint density at radius 3 is 2.58 bits per heavy atom. The van der Waals surface area contributed by atoms with E-state index >= 15 is 0 Å². The molecule has 0 atom stereocenters. The number of anilines is 1. The van der Waals surface area contributed by atoms with Crippen molar-refractivity contribution in [3.63, 3.8) is 0 Å². The van der Waals surface area contributed by atoms with E-state index in [-0.39, 0.29) is 5.82 Å². The van der Waals surface area contributed by atoms with Crippen molar-refractivity contribution in [2.24, 2.45) is 0 Å². The Labute approximate surface area is 111 Å². The van der Waals surface area contributed by atoms with Crippen LogP contribution in [0.2, 0.25) is 0 Å². The SMILES string of the molecule is COc1ccc(CNc2ccc(F)cc2)cc1C#N. The summed E-state index contributed by atoms with van der Waals surface area (Å²) in [6, 6.07) is 13.7. The normalized spacial score (nSPS) is 9.74. The first-order valence-corrected chi connectivity index (χ1v) is 5.79. The van der Waals surface area contributed by atoms with Gasteiger partial charge < -0.3 is 10.1 Å². The summed E-state index contributed by atoms with van der Waals surface area (Å²) in [5.74, 6) is 0.301. The smallest absolute Gasteiger partial charge is 0.136 e. The van der Waals surface area contributed by atoms with Crippen molar-refractivity contribution < 1.29 is 9.13 Å². The van der Waals surface area contributed by atoms with E-state index in [0.29, 0.717) is 17.9 Å². The van der Waals surface area contributed by atoms with Gasteiger partial charge in [0.2, 0.25) is 0 Å². The Hall–Kier alpha value is -2.54. The molecule has 0 spiro atoms. The van der Waals surface area contributed by atoms with Crippen LogP contribution in [-0.2, 0) is 6.54 Å². The molecule has 4 heteroatoms. The highest BCUT2D eigenvalue weighted by Gasteiger charge is 2.03. The molecule has 0 unspecified atom stereocenters. The molecule has 0 aliphatic heterocycles. The summed E-state index contributed by atoms with van der Waals surface area (Å²) in [7, 11) is 1.53. The van der Waals surface area contributed by atoms with E-state index in [1.807, 2.05) is 6.07 Å². The summed E-state index contributed by atoms with van der Waals surface area (Å²) < 4.78 is 17.8. The summed E-state index contributed by atoms with van der Waals surface area (Å²) in [5, 5.41) is 12.2. The zero-order chi connectivity index (χ0) is 13.7. The number of rotatable bonds is 4. The predicted octanol–water partition coefficient (Wildman–Crippen LogP) is 3.32. The maximum atomic E-state index is 12.8. The van der Waals surface area contributed by atoms with Crippen LogP contribution in [-0.4, -0.2) is 7.11 Å². The Kier molecular flexibility index (Phi) is 3.99. The Morgan fingerprint density at radius 1 is 1.21 bits per heavy atom. The molecular weight excluding hydrogens is 243 g/mol. The van der Waals surface area contributed by atoms with Crippen LogP contribution in [0.1, 0.15) is 11.1 Å². The number of hydrogen-bond acceptors (Lipinski definition) is 3. The number of nitriles is 1. The molecule has 0 saturated heterocycles. The molecule has 19 heavy (non-hydrogen) atoms. The van der Waals surface area contributed by atoms with Gasteiger partial charge in [-0.05, 0) is 42.0 Å². The summed E-state index contributed by atoms with van der Waals surface area (Å²) in [4.78, 5) is 0. The van der Waals surface area contributed by atoms with Gasteiger partial charge in [-0.15, -0.1) is 0 Å². The zero-order valence-electron chi connectivity index (χ0n) is 10.5. The minimum atomic E-state index is -0.262. The molecule has 1 N–H and O–H groups in total. The van der Waals surface area contributed by atoms with Gasteiger partial charge in [0.05, 0.1) is 12.7 Å². The summed E-state index contributed by atoms with van der Waals surface area (Å²) in [6.07, 6.45) is 0. The monoisotopic (exact) mass is 256 g/mol. The largest absolute Gasteiger partial charge is 0.495 e. The Balaban J connectivity index is 2.08. The average Bonchev–Trinajstić information content (AvgIpc) is 2.46. The predicted molar refractivity (Wildman–Crippen MR) is 71.4 cm³/mol. The van der Waals surface area contributed by atoms with Gasteiger partial charge in [0.1, 0.15) is 17.6 Å². The molecule has 2 aromatic rings. The molecule has 2 aromatic carbocycles. The molecule has 0 aliphatic carbocycles. The van der Waals surface area contributed by atoms with Crippen LogP contribution in [0.3, 0.4) is 0 Å². The van der Waals surface area contributed by atoms with Crippen LogP contribution in [0.4, 0.5) is 10.1 Å². The van der Waals surface area contributed by atoms with E-state index in [0.717, 1.165) is 11.3 Å². The summed E-state index contributed by atoms with van der Waals surface area (Å²) in [5.41, 5.74) is 2.29.